The molecule has 1 atom stereocenters. The number of halogens is 4. The van der Waals surface area contributed by atoms with Crippen LogP contribution < -0.4 is 5.32 Å². The number of pyridine rings is 1. The smallest absolute Gasteiger partial charge is 0.372 e. The van der Waals surface area contributed by atoms with Gasteiger partial charge in [-0.3, -0.25) is 0 Å². The molecular formula is C16H16ClF3N2OS. The second kappa shape index (κ2) is 7.21. The quantitative estimate of drug-likeness (QED) is 0.566. The van der Waals surface area contributed by atoms with E-state index in [9.17, 15) is 18.3 Å². The predicted molar refractivity (Wildman–Crippen MR) is 90.3 cm³/mol. The van der Waals surface area contributed by atoms with Crippen LogP contribution in [0.5, 0.6) is 0 Å². The molecule has 0 saturated carbocycles. The Balaban J connectivity index is 2.10. The number of benzene rings is 1. The topological polar surface area (TPSA) is 45.1 Å². The fraction of sp³-hybridized carbons (Fsp3) is 0.312. The maximum atomic E-state index is 12.7. The molecular weight excluding hydrogens is 361 g/mol. The maximum absolute atomic E-state index is 12.7. The molecule has 1 aromatic heterocycles. The summed E-state index contributed by atoms with van der Waals surface area (Å²) in [5.41, 5.74) is -1.01. The molecule has 0 amide bonds. The molecule has 0 fully saturated rings. The number of aromatic nitrogens is 1. The second-order valence-electron chi connectivity index (χ2n) is 5.61. The Morgan fingerprint density at radius 1 is 1.12 bits per heavy atom. The molecule has 130 valence electrons. The van der Waals surface area contributed by atoms with Crippen molar-refractivity contribution in [3.63, 3.8) is 0 Å². The van der Waals surface area contributed by atoms with Crippen LogP contribution in [0.2, 0.25) is 5.02 Å². The first-order valence-corrected chi connectivity index (χ1v) is 8.21. The number of alkyl halides is 3. The van der Waals surface area contributed by atoms with Crippen LogP contribution in [0, 0.1) is 0 Å². The Bertz CT molecular complexity index is 692. The molecule has 0 aliphatic carbocycles. The molecule has 24 heavy (non-hydrogen) atoms. The molecule has 0 radical (unpaired) electrons. The van der Waals surface area contributed by atoms with Gasteiger partial charge in [-0.05, 0) is 50.2 Å². The number of nitrogens with one attached hydrogen (secondary N) is 1. The van der Waals surface area contributed by atoms with Crippen LogP contribution in [0.15, 0.2) is 47.4 Å². The molecule has 2 aromatic rings. The number of hydrogen-bond donors (Lipinski definition) is 2. The highest BCUT2D eigenvalue weighted by atomic mass is 35.5. The van der Waals surface area contributed by atoms with Gasteiger partial charge in [-0.15, -0.1) is 11.8 Å². The average Bonchev–Trinajstić information content (AvgIpc) is 2.49. The maximum Gasteiger partial charge on any atom is 0.433 e. The molecule has 0 aliphatic heterocycles. The van der Waals surface area contributed by atoms with Crippen molar-refractivity contribution < 1.29 is 18.3 Å². The minimum absolute atomic E-state index is 0.0397. The third-order valence-electron chi connectivity index (χ3n) is 3.18. The van der Waals surface area contributed by atoms with E-state index in [0.717, 1.165) is 11.0 Å². The second-order valence-corrected chi connectivity index (χ2v) is 7.78. The molecule has 1 aromatic carbocycles. The molecule has 0 bridgehead atoms. The van der Waals surface area contributed by atoms with E-state index in [2.05, 4.69) is 10.3 Å². The first-order valence-electron chi connectivity index (χ1n) is 7.01. The largest absolute Gasteiger partial charge is 0.433 e. The summed E-state index contributed by atoms with van der Waals surface area (Å²) in [6.45, 7) is 3.55. The van der Waals surface area contributed by atoms with Crippen molar-refractivity contribution in [1.82, 2.24) is 4.98 Å². The van der Waals surface area contributed by atoms with E-state index < -0.39 is 22.8 Å². The minimum Gasteiger partial charge on any atom is -0.372 e. The summed E-state index contributed by atoms with van der Waals surface area (Å²) in [5.74, 6) is -0.0397. The van der Waals surface area contributed by atoms with Crippen molar-refractivity contribution in [1.29, 1.82) is 0 Å². The lowest BCUT2D eigenvalue weighted by molar-refractivity contribution is -0.141. The minimum atomic E-state index is -4.53. The summed E-state index contributed by atoms with van der Waals surface area (Å²) in [6.07, 6.45) is -5.65. The van der Waals surface area contributed by atoms with Gasteiger partial charge < -0.3 is 10.4 Å². The van der Waals surface area contributed by atoms with Gasteiger partial charge in [0.1, 0.15) is 17.7 Å². The summed E-state index contributed by atoms with van der Waals surface area (Å²) in [7, 11) is 0. The number of rotatable bonds is 5. The Kier molecular flexibility index (Phi) is 5.67. The summed E-state index contributed by atoms with van der Waals surface area (Å²) in [6, 6.07) is 10.6. The van der Waals surface area contributed by atoms with E-state index in [0.29, 0.717) is 5.02 Å². The van der Waals surface area contributed by atoms with Crippen LogP contribution in [0.4, 0.5) is 19.0 Å². The van der Waals surface area contributed by atoms with Gasteiger partial charge in [0, 0.05) is 9.92 Å². The van der Waals surface area contributed by atoms with Gasteiger partial charge in [0.2, 0.25) is 0 Å². The molecule has 2 rings (SSSR count). The summed E-state index contributed by atoms with van der Waals surface area (Å²) in [4.78, 5) is 4.37. The van der Waals surface area contributed by atoms with Crippen molar-refractivity contribution in [2.45, 2.75) is 35.9 Å². The lowest BCUT2D eigenvalue weighted by Crippen LogP contribution is -2.39. The zero-order valence-corrected chi connectivity index (χ0v) is 14.5. The Labute approximate surface area is 147 Å². The number of anilines is 1. The summed E-state index contributed by atoms with van der Waals surface area (Å²) < 4.78 is 37.4. The zero-order chi connectivity index (χ0) is 18.0. The average molecular weight is 377 g/mol. The van der Waals surface area contributed by atoms with Crippen LogP contribution >= 0.6 is 23.4 Å². The van der Waals surface area contributed by atoms with E-state index in [1.165, 1.54) is 23.9 Å². The summed E-state index contributed by atoms with van der Waals surface area (Å²) >= 11 is 7.20. The summed E-state index contributed by atoms with van der Waals surface area (Å²) in [5, 5.41) is 13.6. The van der Waals surface area contributed by atoms with E-state index >= 15 is 0 Å². The number of hydrogen-bond acceptors (Lipinski definition) is 4. The van der Waals surface area contributed by atoms with E-state index in [4.69, 9.17) is 11.6 Å². The highest BCUT2D eigenvalue weighted by Crippen LogP contribution is 2.36. The van der Waals surface area contributed by atoms with Crippen molar-refractivity contribution in [2.24, 2.45) is 0 Å². The van der Waals surface area contributed by atoms with Gasteiger partial charge in [0.15, 0.2) is 0 Å². The van der Waals surface area contributed by atoms with E-state index in [1.54, 1.807) is 26.0 Å². The third-order valence-corrected chi connectivity index (χ3v) is 4.69. The number of nitrogens with zero attached hydrogens (tertiary/aromatic N) is 1. The molecule has 8 heteroatoms. The molecule has 0 aliphatic rings. The Morgan fingerprint density at radius 2 is 1.75 bits per heavy atom. The number of aliphatic hydroxyl groups excluding tert-OH is 1. The van der Waals surface area contributed by atoms with Crippen LogP contribution in [-0.4, -0.2) is 21.1 Å². The highest BCUT2D eigenvalue weighted by molar-refractivity contribution is 8.00. The normalized spacial score (nSPS) is 13.6. The monoisotopic (exact) mass is 376 g/mol. The van der Waals surface area contributed by atoms with Crippen molar-refractivity contribution in [3.05, 3.63) is 53.2 Å². The number of aliphatic hydroxyl groups is 1. The lowest BCUT2D eigenvalue weighted by Gasteiger charge is -2.31. The van der Waals surface area contributed by atoms with E-state index in [1.807, 2.05) is 12.1 Å². The number of thioether (sulfide) groups is 1. The van der Waals surface area contributed by atoms with Gasteiger partial charge in [-0.1, -0.05) is 17.7 Å². The van der Waals surface area contributed by atoms with Crippen LogP contribution in [0.3, 0.4) is 0 Å². The molecule has 0 spiro atoms. The van der Waals surface area contributed by atoms with Crippen molar-refractivity contribution >= 4 is 29.2 Å². The molecule has 1 heterocycles. The standard InChI is InChI=1S/C16H16ClF3N2OS/c1-15(2,24-11-8-6-10(17)7-9-11)14(23)22-13-5-3-4-12(21-13)16(18,19)20/h3-9,14,23H,1-2H3,(H,21,22). The molecule has 0 saturated heterocycles. The highest BCUT2D eigenvalue weighted by Gasteiger charge is 2.33. The van der Waals surface area contributed by atoms with Crippen LogP contribution in [0.1, 0.15) is 19.5 Å². The van der Waals surface area contributed by atoms with Gasteiger partial charge in [0.25, 0.3) is 0 Å². The van der Waals surface area contributed by atoms with Gasteiger partial charge in [-0.25, -0.2) is 4.98 Å². The fourth-order valence-corrected chi connectivity index (χ4v) is 3.03. The third kappa shape index (κ3) is 5.03. The molecule has 2 N–H and O–H groups in total. The molecule has 1 unspecified atom stereocenters. The Morgan fingerprint density at radius 3 is 2.33 bits per heavy atom. The van der Waals surface area contributed by atoms with Gasteiger partial charge >= 0.3 is 6.18 Å². The zero-order valence-electron chi connectivity index (χ0n) is 12.9. The first kappa shape index (κ1) is 18.9. The van der Waals surface area contributed by atoms with Crippen molar-refractivity contribution in [2.75, 3.05) is 5.32 Å². The van der Waals surface area contributed by atoms with Gasteiger partial charge in [0.05, 0.1) is 4.75 Å². The van der Waals surface area contributed by atoms with E-state index in [-0.39, 0.29) is 5.82 Å². The van der Waals surface area contributed by atoms with Crippen molar-refractivity contribution in [3.8, 4) is 0 Å². The molecule has 3 nitrogen and oxygen atoms in total. The van der Waals surface area contributed by atoms with Gasteiger partial charge in [-0.2, -0.15) is 13.2 Å². The van der Waals surface area contributed by atoms with Crippen LogP contribution in [-0.2, 0) is 6.18 Å². The fourth-order valence-electron chi connectivity index (χ4n) is 1.85. The Hall–Kier alpha value is -1.44. The predicted octanol–water partition coefficient (Wildman–Crippen LogP) is 5.06. The van der Waals surface area contributed by atoms with Crippen LogP contribution in [0.25, 0.3) is 0 Å². The SMILES string of the molecule is CC(C)(Sc1ccc(Cl)cc1)C(O)Nc1cccc(C(F)(F)F)n1. The lowest BCUT2D eigenvalue weighted by atomic mass is 10.1. The first-order chi connectivity index (χ1) is 11.1.